The molecular weight excluding hydrogens is 356 g/mol. The van der Waals surface area contributed by atoms with Crippen molar-refractivity contribution in [3.8, 4) is 23.0 Å². The summed E-state index contributed by atoms with van der Waals surface area (Å²) in [5, 5.41) is 7.49. The molecule has 0 bridgehead atoms. The summed E-state index contributed by atoms with van der Waals surface area (Å²) in [6, 6.07) is 9.16. The van der Waals surface area contributed by atoms with Crippen LogP contribution in [-0.4, -0.2) is 41.6 Å². The van der Waals surface area contributed by atoms with E-state index < -0.39 is 11.2 Å². The zero-order chi connectivity index (χ0) is 18.1. The number of rotatable bonds is 5. The SMILES string of the molecule is C[S+]([O-])COc1ccc(-n2c(-c3nonc3N)nc3cnccc32)cc1. The minimum absolute atomic E-state index is 0.144. The van der Waals surface area contributed by atoms with Crippen LogP contribution in [-0.2, 0) is 11.2 Å². The van der Waals surface area contributed by atoms with Gasteiger partial charge in [0.05, 0.1) is 18.0 Å². The molecule has 0 fully saturated rings. The molecule has 0 saturated heterocycles. The number of benzene rings is 1. The van der Waals surface area contributed by atoms with Gasteiger partial charge in [0.15, 0.2) is 17.3 Å². The second-order valence-corrected chi connectivity index (χ2v) is 6.84. The molecule has 3 heterocycles. The number of pyridine rings is 1. The Balaban J connectivity index is 1.81. The summed E-state index contributed by atoms with van der Waals surface area (Å²) in [4.78, 5) is 8.67. The molecule has 2 N–H and O–H groups in total. The highest BCUT2D eigenvalue weighted by molar-refractivity contribution is 7.90. The monoisotopic (exact) mass is 370 g/mol. The Morgan fingerprint density at radius 3 is 2.73 bits per heavy atom. The van der Waals surface area contributed by atoms with Crippen LogP contribution in [0, 0.1) is 0 Å². The third-order valence-electron chi connectivity index (χ3n) is 3.67. The number of ether oxygens (including phenoxy) is 1. The molecule has 26 heavy (non-hydrogen) atoms. The average Bonchev–Trinajstić information content (AvgIpc) is 3.23. The van der Waals surface area contributed by atoms with E-state index in [1.54, 1.807) is 30.8 Å². The third-order valence-corrected chi connectivity index (χ3v) is 4.12. The van der Waals surface area contributed by atoms with Gasteiger partial charge in [0, 0.05) is 11.9 Å². The number of anilines is 1. The maximum Gasteiger partial charge on any atom is 0.244 e. The van der Waals surface area contributed by atoms with Crippen LogP contribution < -0.4 is 10.5 Å². The third kappa shape index (κ3) is 2.95. The van der Waals surface area contributed by atoms with Gasteiger partial charge in [-0.15, -0.1) is 0 Å². The lowest BCUT2D eigenvalue weighted by Crippen LogP contribution is -2.09. The molecule has 4 rings (SSSR count). The van der Waals surface area contributed by atoms with Crippen molar-refractivity contribution < 1.29 is 13.9 Å². The summed E-state index contributed by atoms with van der Waals surface area (Å²) >= 11 is -1.03. The highest BCUT2D eigenvalue weighted by atomic mass is 32.2. The number of imidazole rings is 1. The number of hydrogen-bond donors (Lipinski definition) is 1. The molecule has 0 spiro atoms. The fourth-order valence-corrected chi connectivity index (χ4v) is 2.85. The van der Waals surface area contributed by atoms with Gasteiger partial charge in [-0.05, 0) is 51.8 Å². The first-order valence-corrected chi connectivity index (χ1v) is 9.30. The number of aromatic nitrogens is 5. The van der Waals surface area contributed by atoms with E-state index in [4.69, 9.17) is 15.1 Å². The molecule has 3 aromatic heterocycles. The Bertz CT molecular complexity index is 1040. The molecular formula is C16H14N6O3S. The standard InChI is InChI=1S/C16H14N6O3S/c1-26(23)9-24-11-4-2-10(3-5-11)22-13-6-7-18-8-12(13)19-16(22)14-15(17)21-25-20-14/h2-8H,9H2,1H3,(H2,17,21). The molecule has 4 aromatic rings. The molecule has 0 radical (unpaired) electrons. The summed E-state index contributed by atoms with van der Waals surface area (Å²) in [6.45, 7) is 0. The highest BCUT2D eigenvalue weighted by Gasteiger charge is 2.20. The number of nitrogen functional groups attached to an aromatic ring is 1. The van der Waals surface area contributed by atoms with Gasteiger partial charge < -0.3 is 15.0 Å². The Morgan fingerprint density at radius 2 is 2.04 bits per heavy atom. The number of nitrogens with two attached hydrogens (primary N) is 1. The van der Waals surface area contributed by atoms with Crippen LogP contribution in [0.15, 0.2) is 47.4 Å². The lowest BCUT2D eigenvalue weighted by Gasteiger charge is -2.10. The van der Waals surface area contributed by atoms with Crippen LogP contribution >= 0.6 is 0 Å². The van der Waals surface area contributed by atoms with Crippen molar-refractivity contribution in [2.75, 3.05) is 17.9 Å². The minimum Gasteiger partial charge on any atom is -0.614 e. The Hall–Kier alpha value is -3.11. The zero-order valence-corrected chi connectivity index (χ0v) is 14.5. The molecule has 0 amide bonds. The Kier molecular flexibility index (Phi) is 4.19. The van der Waals surface area contributed by atoms with Crippen molar-refractivity contribution in [2.24, 2.45) is 0 Å². The summed E-state index contributed by atoms with van der Waals surface area (Å²) in [7, 11) is 0. The summed E-state index contributed by atoms with van der Waals surface area (Å²) in [6.07, 6.45) is 4.93. The maximum atomic E-state index is 11.2. The molecule has 1 aromatic carbocycles. The van der Waals surface area contributed by atoms with Gasteiger partial charge in [-0.1, -0.05) is 0 Å². The average molecular weight is 370 g/mol. The van der Waals surface area contributed by atoms with E-state index in [0.29, 0.717) is 22.8 Å². The first kappa shape index (κ1) is 16.4. The normalized spacial score (nSPS) is 12.4. The summed E-state index contributed by atoms with van der Waals surface area (Å²) in [5.41, 5.74) is 8.54. The van der Waals surface area contributed by atoms with Crippen molar-refractivity contribution in [1.29, 1.82) is 0 Å². The van der Waals surface area contributed by atoms with E-state index in [0.717, 1.165) is 11.2 Å². The topological polar surface area (TPSA) is 128 Å². The second-order valence-electron chi connectivity index (χ2n) is 5.46. The van der Waals surface area contributed by atoms with E-state index in [-0.39, 0.29) is 11.8 Å². The fraction of sp³-hybridized carbons (Fsp3) is 0.125. The lowest BCUT2D eigenvalue weighted by atomic mass is 10.2. The molecule has 0 aliphatic carbocycles. The van der Waals surface area contributed by atoms with E-state index in [2.05, 4.69) is 20.3 Å². The van der Waals surface area contributed by atoms with E-state index in [1.807, 2.05) is 22.8 Å². The maximum absolute atomic E-state index is 11.2. The molecule has 0 aliphatic heterocycles. The minimum atomic E-state index is -1.03. The molecule has 9 nitrogen and oxygen atoms in total. The van der Waals surface area contributed by atoms with E-state index in [9.17, 15) is 4.55 Å². The van der Waals surface area contributed by atoms with Crippen molar-refractivity contribution in [2.45, 2.75) is 0 Å². The largest absolute Gasteiger partial charge is 0.614 e. The summed E-state index contributed by atoms with van der Waals surface area (Å²) in [5.74, 6) is 1.42. The molecule has 1 unspecified atom stereocenters. The number of fused-ring (bicyclic) bond motifs is 1. The van der Waals surface area contributed by atoms with Gasteiger partial charge in [-0.3, -0.25) is 9.55 Å². The van der Waals surface area contributed by atoms with Crippen LogP contribution in [0.2, 0.25) is 0 Å². The first-order chi connectivity index (χ1) is 12.6. The smallest absolute Gasteiger partial charge is 0.244 e. The van der Waals surface area contributed by atoms with Crippen molar-refractivity contribution in [3.63, 3.8) is 0 Å². The van der Waals surface area contributed by atoms with Crippen molar-refractivity contribution in [1.82, 2.24) is 24.8 Å². The quantitative estimate of drug-likeness (QED) is 0.526. The fourth-order valence-electron chi connectivity index (χ4n) is 2.55. The van der Waals surface area contributed by atoms with Crippen molar-refractivity contribution >= 4 is 28.0 Å². The van der Waals surface area contributed by atoms with Gasteiger partial charge in [0.2, 0.25) is 5.94 Å². The molecule has 10 heteroatoms. The lowest BCUT2D eigenvalue weighted by molar-refractivity contribution is 0.310. The van der Waals surface area contributed by atoms with Gasteiger partial charge >= 0.3 is 0 Å². The van der Waals surface area contributed by atoms with E-state index >= 15 is 0 Å². The van der Waals surface area contributed by atoms with Gasteiger partial charge in [0.1, 0.15) is 11.3 Å². The van der Waals surface area contributed by atoms with Crippen LogP contribution in [0.4, 0.5) is 5.82 Å². The molecule has 0 aliphatic rings. The zero-order valence-electron chi connectivity index (χ0n) is 13.7. The molecule has 0 saturated carbocycles. The molecule has 1 atom stereocenters. The predicted molar refractivity (Wildman–Crippen MR) is 96.1 cm³/mol. The van der Waals surface area contributed by atoms with Gasteiger partial charge in [0.25, 0.3) is 0 Å². The van der Waals surface area contributed by atoms with E-state index in [1.165, 1.54) is 0 Å². The van der Waals surface area contributed by atoms with Crippen LogP contribution in [0.25, 0.3) is 28.2 Å². The Labute approximate surface area is 150 Å². The highest BCUT2D eigenvalue weighted by Crippen LogP contribution is 2.30. The Morgan fingerprint density at radius 1 is 1.23 bits per heavy atom. The molecule has 132 valence electrons. The predicted octanol–water partition coefficient (Wildman–Crippen LogP) is 1.77. The van der Waals surface area contributed by atoms with Crippen molar-refractivity contribution in [3.05, 3.63) is 42.7 Å². The van der Waals surface area contributed by atoms with Gasteiger partial charge in [-0.25, -0.2) is 9.61 Å². The van der Waals surface area contributed by atoms with Gasteiger partial charge in [-0.2, -0.15) is 0 Å². The summed E-state index contributed by atoms with van der Waals surface area (Å²) < 4.78 is 23.2. The first-order valence-electron chi connectivity index (χ1n) is 7.57. The number of nitrogens with zero attached hydrogens (tertiary/aromatic N) is 5. The van der Waals surface area contributed by atoms with Crippen LogP contribution in [0.3, 0.4) is 0 Å². The van der Waals surface area contributed by atoms with Crippen LogP contribution in [0.1, 0.15) is 0 Å². The van der Waals surface area contributed by atoms with Crippen LogP contribution in [0.5, 0.6) is 5.75 Å². The number of hydrogen-bond acceptors (Lipinski definition) is 8. The second kappa shape index (κ2) is 6.65.